The van der Waals surface area contributed by atoms with Crippen LogP contribution >= 0.6 is 0 Å². The van der Waals surface area contributed by atoms with Gasteiger partial charge in [0, 0.05) is 29.4 Å². The van der Waals surface area contributed by atoms with Gasteiger partial charge in [0.2, 0.25) is 0 Å². The first-order chi connectivity index (χ1) is 15.1. The van der Waals surface area contributed by atoms with Crippen molar-refractivity contribution in [3.8, 4) is 17.0 Å². The Morgan fingerprint density at radius 2 is 1.81 bits per heavy atom. The number of ether oxygens (including phenoxy) is 1. The molecule has 1 aromatic heterocycles. The minimum absolute atomic E-state index is 0.130. The van der Waals surface area contributed by atoms with E-state index in [-0.39, 0.29) is 11.5 Å². The van der Waals surface area contributed by atoms with E-state index in [4.69, 9.17) is 4.74 Å². The minimum atomic E-state index is -0.241. The zero-order valence-electron chi connectivity index (χ0n) is 17.5. The van der Waals surface area contributed by atoms with Crippen LogP contribution in [0.5, 0.6) is 5.75 Å². The number of hydrogen-bond acceptors (Lipinski definition) is 4. The highest BCUT2D eigenvalue weighted by atomic mass is 16.5. The molecule has 4 aromatic rings. The Kier molecular flexibility index (Phi) is 5.80. The smallest absolute Gasteiger partial charge is 0.277 e. The number of anilines is 1. The number of rotatable bonds is 6. The average Bonchev–Trinajstić information content (AvgIpc) is 2.81. The molecule has 1 amide bonds. The maximum absolute atomic E-state index is 13.1. The number of para-hydroxylation sites is 2. The van der Waals surface area contributed by atoms with Gasteiger partial charge in [0.25, 0.3) is 11.5 Å². The van der Waals surface area contributed by atoms with Gasteiger partial charge in [-0.15, -0.1) is 0 Å². The number of fused-ring (bicyclic) bond motifs is 1. The summed E-state index contributed by atoms with van der Waals surface area (Å²) in [5.41, 5.74) is 3.66. The summed E-state index contributed by atoms with van der Waals surface area (Å²) in [4.78, 5) is 30.3. The molecule has 0 spiro atoms. The predicted molar refractivity (Wildman–Crippen MR) is 123 cm³/mol. The molecule has 0 aliphatic heterocycles. The molecule has 0 fully saturated rings. The molecule has 156 valence electrons. The number of benzene rings is 3. The predicted octanol–water partition coefficient (Wildman–Crippen LogP) is 4.73. The first kappa shape index (κ1) is 20.3. The van der Waals surface area contributed by atoms with Gasteiger partial charge in [0.15, 0.2) is 0 Å². The molecule has 0 aliphatic carbocycles. The van der Waals surface area contributed by atoms with E-state index in [9.17, 15) is 9.59 Å². The van der Waals surface area contributed by atoms with Gasteiger partial charge in [0.05, 0.1) is 18.1 Å². The van der Waals surface area contributed by atoms with Crippen molar-refractivity contribution in [3.63, 3.8) is 0 Å². The normalized spacial score (nSPS) is 10.8. The van der Waals surface area contributed by atoms with Gasteiger partial charge in [-0.25, -0.2) is 4.98 Å². The van der Waals surface area contributed by atoms with E-state index >= 15 is 0 Å². The Morgan fingerprint density at radius 3 is 2.55 bits per heavy atom. The summed E-state index contributed by atoms with van der Waals surface area (Å²) in [5, 5.41) is 2.85. The molecule has 0 saturated heterocycles. The molecule has 1 N–H and O–H groups in total. The van der Waals surface area contributed by atoms with Gasteiger partial charge in [-0.1, -0.05) is 37.3 Å². The number of hydrogen-bond donors (Lipinski definition) is 1. The van der Waals surface area contributed by atoms with Crippen molar-refractivity contribution >= 4 is 22.6 Å². The van der Waals surface area contributed by atoms with Gasteiger partial charge >= 0.3 is 0 Å². The highest BCUT2D eigenvalue weighted by Crippen LogP contribution is 2.20. The van der Waals surface area contributed by atoms with Gasteiger partial charge in [0.1, 0.15) is 11.4 Å². The lowest BCUT2D eigenvalue weighted by Gasteiger charge is -2.12. The Balaban J connectivity index is 1.65. The number of methoxy groups -OCH3 is 1. The molecule has 0 radical (unpaired) electrons. The quantitative estimate of drug-likeness (QED) is 0.496. The maximum atomic E-state index is 13.1. The molecule has 0 unspecified atom stereocenters. The molecule has 3 aromatic carbocycles. The molecule has 6 nitrogen and oxygen atoms in total. The fourth-order valence-electron chi connectivity index (χ4n) is 3.51. The number of aryl methyl sites for hydroxylation is 1. The summed E-state index contributed by atoms with van der Waals surface area (Å²) in [7, 11) is 1.58. The number of aromatic nitrogens is 2. The lowest BCUT2D eigenvalue weighted by atomic mass is 10.1. The van der Waals surface area contributed by atoms with Crippen LogP contribution in [0.15, 0.2) is 77.6 Å². The largest absolute Gasteiger partial charge is 0.497 e. The van der Waals surface area contributed by atoms with Crippen LogP contribution in [0.25, 0.3) is 22.3 Å². The van der Waals surface area contributed by atoms with Gasteiger partial charge < -0.3 is 14.6 Å². The van der Waals surface area contributed by atoms with Crippen LogP contribution in [-0.4, -0.2) is 22.6 Å². The van der Waals surface area contributed by atoms with Crippen LogP contribution < -0.4 is 15.6 Å². The van der Waals surface area contributed by atoms with Crippen molar-refractivity contribution in [3.05, 3.63) is 88.7 Å². The van der Waals surface area contributed by atoms with E-state index in [1.807, 2.05) is 43.3 Å². The van der Waals surface area contributed by atoms with E-state index in [1.165, 1.54) is 0 Å². The molecule has 0 saturated carbocycles. The van der Waals surface area contributed by atoms with E-state index in [2.05, 4.69) is 10.3 Å². The van der Waals surface area contributed by atoms with Gasteiger partial charge in [-0.05, 0) is 42.8 Å². The molecule has 31 heavy (non-hydrogen) atoms. The first-order valence-corrected chi connectivity index (χ1v) is 10.2. The molecule has 6 heteroatoms. The zero-order chi connectivity index (χ0) is 21.8. The average molecular weight is 413 g/mol. The van der Waals surface area contributed by atoms with Gasteiger partial charge in [-0.2, -0.15) is 0 Å². The topological polar surface area (TPSA) is 73.2 Å². The number of carbonyl (C=O) groups is 1. The van der Waals surface area contributed by atoms with Crippen molar-refractivity contribution < 1.29 is 9.53 Å². The van der Waals surface area contributed by atoms with Crippen LogP contribution in [0, 0.1) is 0 Å². The monoisotopic (exact) mass is 413 g/mol. The van der Waals surface area contributed by atoms with E-state index < -0.39 is 0 Å². The van der Waals surface area contributed by atoms with Crippen LogP contribution in [0.4, 0.5) is 5.69 Å². The third-order valence-corrected chi connectivity index (χ3v) is 5.05. The van der Waals surface area contributed by atoms with Crippen molar-refractivity contribution in [2.75, 3.05) is 12.4 Å². The second-order valence-electron chi connectivity index (χ2n) is 7.17. The van der Waals surface area contributed by atoms with Crippen molar-refractivity contribution in [1.82, 2.24) is 9.55 Å². The van der Waals surface area contributed by atoms with Crippen LogP contribution in [0.3, 0.4) is 0 Å². The van der Waals surface area contributed by atoms with E-state index in [0.29, 0.717) is 34.8 Å². The summed E-state index contributed by atoms with van der Waals surface area (Å²) in [6.45, 7) is 2.66. The summed E-state index contributed by atoms with van der Waals surface area (Å²) in [5.74, 6) is 0.425. The van der Waals surface area contributed by atoms with E-state index in [0.717, 1.165) is 17.5 Å². The fourth-order valence-corrected chi connectivity index (χ4v) is 3.51. The number of nitrogens with zero attached hydrogens (tertiary/aromatic N) is 2. The highest BCUT2D eigenvalue weighted by molar-refractivity contribution is 6.04. The van der Waals surface area contributed by atoms with Crippen LogP contribution in [-0.2, 0) is 6.54 Å². The Labute approximate surface area is 180 Å². The molecular formula is C25H23N3O3. The Hall–Kier alpha value is -3.93. The summed E-state index contributed by atoms with van der Waals surface area (Å²) >= 11 is 0. The fraction of sp³-hybridized carbons (Fsp3) is 0.160. The molecule has 4 rings (SSSR count). The second kappa shape index (κ2) is 8.83. The lowest BCUT2D eigenvalue weighted by molar-refractivity contribution is 0.102. The molecular weight excluding hydrogens is 390 g/mol. The minimum Gasteiger partial charge on any atom is -0.497 e. The van der Waals surface area contributed by atoms with Crippen molar-refractivity contribution in [1.29, 1.82) is 0 Å². The Morgan fingerprint density at radius 1 is 1.03 bits per heavy atom. The zero-order valence-corrected chi connectivity index (χ0v) is 17.5. The molecule has 0 bridgehead atoms. The van der Waals surface area contributed by atoms with Crippen molar-refractivity contribution in [2.45, 2.75) is 19.9 Å². The second-order valence-corrected chi connectivity index (χ2v) is 7.17. The van der Waals surface area contributed by atoms with Crippen LogP contribution in [0.2, 0.25) is 0 Å². The van der Waals surface area contributed by atoms with Gasteiger partial charge in [-0.3, -0.25) is 9.59 Å². The molecule has 1 heterocycles. The summed E-state index contributed by atoms with van der Waals surface area (Å²) in [6.07, 6.45) is 0.844. The SMILES string of the molecule is CCCn1c(=O)c(-c2ccc(C(=O)Nc3cccc(OC)c3)cc2)nc2ccccc21. The summed E-state index contributed by atoms with van der Waals surface area (Å²) < 4.78 is 6.95. The highest BCUT2D eigenvalue weighted by Gasteiger charge is 2.13. The first-order valence-electron chi connectivity index (χ1n) is 10.2. The lowest BCUT2D eigenvalue weighted by Crippen LogP contribution is -2.23. The Bertz CT molecular complexity index is 1290. The standard InChI is InChI=1S/C25H23N3O3/c1-3-15-28-22-10-5-4-9-21(22)27-23(25(28)30)17-11-13-18(14-12-17)24(29)26-19-7-6-8-20(16-19)31-2/h4-14,16H,3,15H2,1-2H3,(H,26,29). The maximum Gasteiger partial charge on any atom is 0.277 e. The molecule has 0 atom stereocenters. The molecule has 0 aliphatic rings. The summed E-state index contributed by atoms with van der Waals surface area (Å²) in [6, 6.07) is 21.7. The van der Waals surface area contributed by atoms with Crippen LogP contribution in [0.1, 0.15) is 23.7 Å². The third kappa shape index (κ3) is 4.19. The van der Waals surface area contributed by atoms with E-state index in [1.54, 1.807) is 48.1 Å². The number of nitrogens with one attached hydrogen (secondary N) is 1. The van der Waals surface area contributed by atoms with Crippen molar-refractivity contribution in [2.24, 2.45) is 0 Å². The number of carbonyl (C=O) groups excluding carboxylic acids is 1. The number of amides is 1. The third-order valence-electron chi connectivity index (χ3n) is 5.05.